The number of imide groups is 1. The highest BCUT2D eigenvalue weighted by atomic mass is 19.4. The predicted octanol–water partition coefficient (Wildman–Crippen LogP) is 3.72. The Labute approximate surface area is 177 Å². The van der Waals surface area contributed by atoms with Crippen molar-refractivity contribution in [2.24, 2.45) is 0 Å². The van der Waals surface area contributed by atoms with E-state index >= 15 is 0 Å². The number of urea groups is 1. The lowest BCUT2D eigenvalue weighted by Crippen LogP contribution is -2.69. The first kappa shape index (κ1) is 22.3. The number of hydrogen-bond donors (Lipinski definition) is 2. The summed E-state index contributed by atoms with van der Waals surface area (Å²) in [6.45, 7) is 5.50. The molecule has 2 aromatic rings. The molecule has 1 aliphatic rings. The van der Waals surface area contributed by atoms with Crippen molar-refractivity contribution in [1.29, 1.82) is 0 Å². The Hall–Kier alpha value is -3.36. The average molecular weight is 433 g/mol. The van der Waals surface area contributed by atoms with E-state index in [4.69, 9.17) is 0 Å². The van der Waals surface area contributed by atoms with Gasteiger partial charge in [-0.15, -0.1) is 0 Å². The Morgan fingerprint density at radius 2 is 1.58 bits per heavy atom. The van der Waals surface area contributed by atoms with Gasteiger partial charge in [0.1, 0.15) is 0 Å². The first-order valence-electron chi connectivity index (χ1n) is 9.53. The maximum Gasteiger partial charge on any atom is 0.440 e. The lowest BCUT2D eigenvalue weighted by molar-refractivity contribution is -0.200. The number of alkyl halides is 3. The Morgan fingerprint density at radius 3 is 2.10 bits per heavy atom. The SMILES string of the molecule is CC(C)(C)c1ccc(C(=O)NC2(C(F)(F)F)NC(=O)N(Cc3ccccc3)C2=O)cc1. The second-order valence-corrected chi connectivity index (χ2v) is 8.34. The van der Waals surface area contributed by atoms with Crippen molar-refractivity contribution < 1.29 is 27.6 Å². The fourth-order valence-corrected chi connectivity index (χ4v) is 3.20. The van der Waals surface area contributed by atoms with Crippen LogP contribution >= 0.6 is 0 Å². The molecule has 0 spiro atoms. The van der Waals surface area contributed by atoms with Crippen molar-refractivity contribution in [1.82, 2.24) is 15.5 Å². The molecule has 0 saturated carbocycles. The molecule has 2 N–H and O–H groups in total. The molecule has 1 fully saturated rings. The van der Waals surface area contributed by atoms with E-state index in [1.807, 2.05) is 20.8 Å². The largest absolute Gasteiger partial charge is 0.440 e. The lowest BCUT2D eigenvalue weighted by atomic mass is 9.86. The van der Waals surface area contributed by atoms with Crippen LogP contribution in [0, 0.1) is 0 Å². The molecule has 1 heterocycles. The summed E-state index contributed by atoms with van der Waals surface area (Å²) in [6, 6.07) is 12.9. The number of halogens is 3. The third kappa shape index (κ3) is 4.26. The topological polar surface area (TPSA) is 78.5 Å². The molecule has 0 radical (unpaired) electrons. The third-order valence-corrected chi connectivity index (χ3v) is 5.03. The van der Waals surface area contributed by atoms with E-state index in [0.717, 1.165) is 5.56 Å². The van der Waals surface area contributed by atoms with Crippen LogP contribution in [0.4, 0.5) is 18.0 Å². The number of carbonyl (C=O) groups excluding carboxylic acids is 3. The number of hydrogen-bond acceptors (Lipinski definition) is 3. The van der Waals surface area contributed by atoms with Crippen LogP contribution in [0.5, 0.6) is 0 Å². The van der Waals surface area contributed by atoms with E-state index in [2.05, 4.69) is 0 Å². The third-order valence-electron chi connectivity index (χ3n) is 5.03. The van der Waals surface area contributed by atoms with Crippen LogP contribution in [-0.4, -0.2) is 34.6 Å². The van der Waals surface area contributed by atoms with Gasteiger partial charge in [-0.1, -0.05) is 63.2 Å². The number of nitrogens with one attached hydrogen (secondary N) is 2. The van der Waals surface area contributed by atoms with Crippen molar-refractivity contribution in [3.05, 3.63) is 71.3 Å². The monoisotopic (exact) mass is 433 g/mol. The van der Waals surface area contributed by atoms with Gasteiger partial charge in [-0.3, -0.25) is 19.8 Å². The zero-order valence-corrected chi connectivity index (χ0v) is 17.2. The number of rotatable bonds is 4. The first-order chi connectivity index (χ1) is 14.3. The Balaban J connectivity index is 1.89. The second-order valence-electron chi connectivity index (χ2n) is 8.34. The smallest absolute Gasteiger partial charge is 0.314 e. The lowest BCUT2D eigenvalue weighted by Gasteiger charge is -2.30. The van der Waals surface area contributed by atoms with Gasteiger partial charge >= 0.3 is 12.2 Å². The summed E-state index contributed by atoms with van der Waals surface area (Å²) in [5.74, 6) is -2.72. The summed E-state index contributed by atoms with van der Waals surface area (Å²) >= 11 is 0. The van der Waals surface area contributed by atoms with E-state index in [1.165, 1.54) is 12.1 Å². The van der Waals surface area contributed by atoms with Crippen molar-refractivity contribution in [3.63, 3.8) is 0 Å². The Kier molecular flexibility index (Phi) is 5.56. The summed E-state index contributed by atoms with van der Waals surface area (Å²) < 4.78 is 41.9. The van der Waals surface area contributed by atoms with Gasteiger partial charge in [-0.25, -0.2) is 4.79 Å². The van der Waals surface area contributed by atoms with Gasteiger partial charge in [0.05, 0.1) is 6.54 Å². The highest BCUT2D eigenvalue weighted by Gasteiger charge is 2.68. The van der Waals surface area contributed by atoms with E-state index < -0.39 is 29.7 Å². The molecule has 6 nitrogen and oxygen atoms in total. The molecule has 0 aliphatic carbocycles. The van der Waals surface area contributed by atoms with Crippen LogP contribution in [-0.2, 0) is 16.8 Å². The van der Waals surface area contributed by atoms with Gasteiger partial charge in [0.2, 0.25) is 0 Å². The van der Waals surface area contributed by atoms with Crippen LogP contribution in [0.2, 0.25) is 0 Å². The Bertz CT molecular complexity index is 999. The molecule has 3 rings (SSSR count). The van der Waals surface area contributed by atoms with Crippen molar-refractivity contribution in [3.8, 4) is 0 Å². The molecule has 4 amide bonds. The van der Waals surface area contributed by atoms with Gasteiger partial charge in [-0.2, -0.15) is 13.2 Å². The summed E-state index contributed by atoms with van der Waals surface area (Å²) in [4.78, 5) is 38.1. The number of carbonyl (C=O) groups is 3. The fraction of sp³-hybridized carbons (Fsp3) is 0.318. The van der Waals surface area contributed by atoms with Crippen LogP contribution in [0.15, 0.2) is 54.6 Å². The normalized spacial score (nSPS) is 19.4. The van der Waals surface area contributed by atoms with Crippen LogP contribution in [0.25, 0.3) is 0 Å². The maximum atomic E-state index is 14.0. The Morgan fingerprint density at radius 1 is 1.00 bits per heavy atom. The average Bonchev–Trinajstić information content (AvgIpc) is 2.93. The highest BCUT2D eigenvalue weighted by molar-refractivity contribution is 6.10. The minimum Gasteiger partial charge on any atom is -0.314 e. The van der Waals surface area contributed by atoms with Gasteiger partial charge in [-0.05, 0) is 28.7 Å². The summed E-state index contributed by atoms with van der Waals surface area (Å²) in [5, 5.41) is 3.36. The molecule has 2 aromatic carbocycles. The molecule has 31 heavy (non-hydrogen) atoms. The van der Waals surface area contributed by atoms with Crippen molar-refractivity contribution >= 4 is 17.8 Å². The van der Waals surface area contributed by atoms with E-state index in [0.29, 0.717) is 10.5 Å². The highest BCUT2D eigenvalue weighted by Crippen LogP contribution is 2.34. The standard InChI is InChI=1S/C22H22F3N3O3/c1-20(2,3)16-11-9-15(10-12-16)17(29)26-21(22(23,24)25)18(30)28(19(31)27-21)13-14-7-5-4-6-8-14/h4-12H,13H2,1-3H3,(H,26,29)(H,27,31). The minimum atomic E-state index is -5.26. The molecule has 0 aromatic heterocycles. The van der Waals surface area contributed by atoms with Crippen LogP contribution < -0.4 is 10.6 Å². The van der Waals surface area contributed by atoms with E-state index in [1.54, 1.807) is 53.1 Å². The molecule has 1 saturated heterocycles. The van der Waals surface area contributed by atoms with Gasteiger partial charge in [0, 0.05) is 5.56 Å². The molecule has 1 atom stereocenters. The molecule has 0 bridgehead atoms. The zero-order chi connectivity index (χ0) is 23.0. The number of amides is 4. The van der Waals surface area contributed by atoms with E-state index in [-0.39, 0.29) is 17.5 Å². The summed E-state index contributed by atoms with van der Waals surface area (Å²) in [5.41, 5.74) is -2.48. The molecular weight excluding hydrogens is 411 g/mol. The molecule has 1 aliphatic heterocycles. The number of benzene rings is 2. The van der Waals surface area contributed by atoms with Crippen molar-refractivity contribution in [2.45, 2.75) is 44.6 Å². The first-order valence-corrected chi connectivity index (χ1v) is 9.53. The minimum absolute atomic E-state index is 0.0693. The van der Waals surface area contributed by atoms with Gasteiger partial charge in [0.15, 0.2) is 0 Å². The van der Waals surface area contributed by atoms with Crippen molar-refractivity contribution in [2.75, 3.05) is 0 Å². The summed E-state index contributed by atoms with van der Waals surface area (Å²) in [6.07, 6.45) is -5.26. The van der Waals surface area contributed by atoms with Gasteiger partial charge < -0.3 is 5.32 Å². The molecule has 9 heteroatoms. The molecule has 1 unspecified atom stereocenters. The molecule has 164 valence electrons. The quantitative estimate of drug-likeness (QED) is 0.722. The molecular formula is C22H22F3N3O3. The van der Waals surface area contributed by atoms with Crippen LogP contribution in [0.1, 0.15) is 42.3 Å². The van der Waals surface area contributed by atoms with E-state index in [9.17, 15) is 27.6 Å². The maximum absolute atomic E-state index is 14.0. The zero-order valence-electron chi connectivity index (χ0n) is 17.2. The number of nitrogens with zero attached hydrogens (tertiary/aromatic N) is 1. The fourth-order valence-electron chi connectivity index (χ4n) is 3.20. The van der Waals surface area contributed by atoms with Crippen LogP contribution in [0.3, 0.4) is 0 Å². The predicted molar refractivity (Wildman–Crippen MR) is 107 cm³/mol. The van der Waals surface area contributed by atoms with Gasteiger partial charge in [0.25, 0.3) is 17.5 Å². The second kappa shape index (κ2) is 7.72. The summed E-state index contributed by atoms with van der Waals surface area (Å²) in [7, 11) is 0.